The van der Waals surface area contributed by atoms with Gasteiger partial charge in [-0.2, -0.15) is 0 Å². The zero-order chi connectivity index (χ0) is 14.1. The van der Waals surface area contributed by atoms with E-state index in [0.717, 1.165) is 24.0 Å². The first-order valence-electron chi connectivity index (χ1n) is 7.28. The molecule has 2 N–H and O–H groups in total. The first-order chi connectivity index (χ1) is 9.69. The van der Waals surface area contributed by atoms with Gasteiger partial charge >= 0.3 is 5.97 Å². The minimum Gasteiger partial charge on any atom is -0.478 e. The Kier molecular flexibility index (Phi) is 3.49. The number of nitrogens with zero attached hydrogens (tertiary/aromatic N) is 1. The highest BCUT2D eigenvalue weighted by molar-refractivity contribution is 5.93. The van der Waals surface area contributed by atoms with Gasteiger partial charge in [-0.25, -0.2) is 4.79 Å². The molecule has 0 amide bonds. The molecule has 1 fully saturated rings. The van der Waals surface area contributed by atoms with Gasteiger partial charge in [0.05, 0.1) is 5.56 Å². The zero-order valence-corrected chi connectivity index (χ0v) is 11.7. The van der Waals surface area contributed by atoms with E-state index < -0.39 is 5.97 Å². The van der Waals surface area contributed by atoms with Crippen LogP contribution in [0.1, 0.15) is 42.2 Å². The number of rotatable bonds is 5. The van der Waals surface area contributed by atoms with Gasteiger partial charge in [0.15, 0.2) is 0 Å². The first kappa shape index (κ1) is 13.2. The molecule has 0 spiro atoms. The van der Waals surface area contributed by atoms with E-state index in [1.54, 1.807) is 12.1 Å². The molecule has 106 valence electrons. The Morgan fingerprint density at radius 3 is 2.80 bits per heavy atom. The number of aromatic carboxylic acids is 1. The van der Waals surface area contributed by atoms with Crippen molar-refractivity contribution in [2.75, 3.05) is 0 Å². The lowest BCUT2D eigenvalue weighted by atomic mass is 9.93. The summed E-state index contributed by atoms with van der Waals surface area (Å²) in [5, 5.41) is 13.8. The molecule has 0 aliphatic heterocycles. The maximum absolute atomic E-state index is 11.1. The number of fused-ring (bicyclic) bond motifs is 1. The summed E-state index contributed by atoms with van der Waals surface area (Å²) >= 11 is 0. The largest absolute Gasteiger partial charge is 0.478 e. The molecule has 0 atom stereocenters. The lowest BCUT2D eigenvalue weighted by molar-refractivity contribution is 0.0697. The van der Waals surface area contributed by atoms with E-state index in [1.165, 1.54) is 25.0 Å². The van der Waals surface area contributed by atoms with Crippen LogP contribution in [-0.2, 0) is 13.1 Å². The fourth-order valence-electron chi connectivity index (χ4n) is 2.83. The Labute approximate surface area is 118 Å². The minimum absolute atomic E-state index is 0.351. The third-order valence-electron chi connectivity index (χ3n) is 4.23. The molecular weight excluding hydrogens is 252 g/mol. The van der Waals surface area contributed by atoms with E-state index in [1.807, 2.05) is 6.07 Å². The van der Waals surface area contributed by atoms with E-state index in [9.17, 15) is 4.79 Å². The number of hydrogen-bond donors (Lipinski definition) is 2. The standard InChI is InChI=1S/C16H20N2O2/c1-2-18-14(10-17-13-4-3-5-13)8-11-6-7-12(16(19)20)9-15(11)18/h6-9,13,17H,2-5,10H2,1H3,(H,19,20). The molecule has 1 aliphatic rings. The highest BCUT2D eigenvalue weighted by atomic mass is 16.4. The normalized spacial score (nSPS) is 15.4. The van der Waals surface area contributed by atoms with Crippen molar-refractivity contribution in [3.05, 3.63) is 35.5 Å². The molecule has 1 saturated carbocycles. The van der Waals surface area contributed by atoms with Crippen molar-refractivity contribution >= 4 is 16.9 Å². The number of benzene rings is 1. The van der Waals surface area contributed by atoms with Crippen LogP contribution in [0.5, 0.6) is 0 Å². The maximum atomic E-state index is 11.1. The van der Waals surface area contributed by atoms with Crippen molar-refractivity contribution in [1.82, 2.24) is 9.88 Å². The third kappa shape index (κ3) is 2.31. The lowest BCUT2D eigenvalue weighted by Crippen LogP contribution is -2.35. The molecule has 3 rings (SSSR count). The van der Waals surface area contributed by atoms with Crippen molar-refractivity contribution in [1.29, 1.82) is 0 Å². The Morgan fingerprint density at radius 1 is 1.40 bits per heavy atom. The molecular formula is C16H20N2O2. The predicted octanol–water partition coefficient (Wildman–Crippen LogP) is 3.00. The summed E-state index contributed by atoms with van der Waals surface area (Å²) in [4.78, 5) is 11.1. The molecule has 20 heavy (non-hydrogen) atoms. The molecule has 2 aromatic rings. The number of nitrogens with one attached hydrogen (secondary N) is 1. The first-order valence-corrected chi connectivity index (χ1v) is 7.28. The van der Waals surface area contributed by atoms with E-state index >= 15 is 0 Å². The third-order valence-corrected chi connectivity index (χ3v) is 4.23. The van der Waals surface area contributed by atoms with Crippen molar-refractivity contribution in [2.24, 2.45) is 0 Å². The van der Waals surface area contributed by atoms with Crippen LogP contribution in [0.25, 0.3) is 10.9 Å². The molecule has 4 heteroatoms. The Balaban J connectivity index is 1.92. The second-order valence-electron chi connectivity index (χ2n) is 5.47. The van der Waals surface area contributed by atoms with Gasteiger partial charge in [-0.15, -0.1) is 0 Å². The molecule has 1 aromatic heterocycles. The van der Waals surface area contributed by atoms with Crippen LogP contribution >= 0.6 is 0 Å². The molecule has 1 aliphatic carbocycles. The number of hydrogen-bond acceptors (Lipinski definition) is 2. The monoisotopic (exact) mass is 272 g/mol. The molecule has 0 unspecified atom stereocenters. The zero-order valence-electron chi connectivity index (χ0n) is 11.7. The summed E-state index contributed by atoms with van der Waals surface area (Å²) in [5.74, 6) is -0.870. The van der Waals surface area contributed by atoms with Gasteiger partial charge in [-0.05, 0) is 43.4 Å². The highest BCUT2D eigenvalue weighted by Gasteiger charge is 2.17. The van der Waals surface area contributed by atoms with Gasteiger partial charge < -0.3 is 15.0 Å². The number of aryl methyl sites for hydroxylation is 1. The lowest BCUT2D eigenvalue weighted by Gasteiger charge is -2.26. The SMILES string of the molecule is CCn1c(CNC2CCC2)cc2ccc(C(=O)O)cc21. The van der Waals surface area contributed by atoms with Crippen LogP contribution in [0.4, 0.5) is 0 Å². The smallest absolute Gasteiger partial charge is 0.335 e. The summed E-state index contributed by atoms with van der Waals surface area (Å²) in [6.45, 7) is 3.81. The van der Waals surface area contributed by atoms with Gasteiger partial charge in [0, 0.05) is 30.3 Å². The van der Waals surface area contributed by atoms with E-state index in [0.29, 0.717) is 11.6 Å². The molecule has 0 radical (unpaired) electrons. The highest BCUT2D eigenvalue weighted by Crippen LogP contribution is 2.23. The van der Waals surface area contributed by atoms with E-state index in [2.05, 4.69) is 22.9 Å². The van der Waals surface area contributed by atoms with Crippen LogP contribution in [-0.4, -0.2) is 21.7 Å². The minimum atomic E-state index is -0.870. The van der Waals surface area contributed by atoms with Crippen molar-refractivity contribution in [3.8, 4) is 0 Å². The second kappa shape index (κ2) is 5.29. The van der Waals surface area contributed by atoms with Crippen LogP contribution in [0.3, 0.4) is 0 Å². The summed E-state index contributed by atoms with van der Waals surface area (Å²) in [6, 6.07) is 8.17. The number of carboxylic acid groups (broad SMARTS) is 1. The van der Waals surface area contributed by atoms with Gasteiger partial charge in [-0.3, -0.25) is 0 Å². The van der Waals surface area contributed by atoms with Crippen LogP contribution in [0.2, 0.25) is 0 Å². The summed E-state index contributed by atoms with van der Waals surface area (Å²) < 4.78 is 2.20. The van der Waals surface area contributed by atoms with Crippen molar-refractivity contribution in [2.45, 2.75) is 45.3 Å². The number of aromatic nitrogens is 1. The molecule has 0 bridgehead atoms. The Hall–Kier alpha value is -1.81. The molecule has 1 aromatic carbocycles. The van der Waals surface area contributed by atoms with Gasteiger partial charge in [0.2, 0.25) is 0 Å². The average molecular weight is 272 g/mol. The quantitative estimate of drug-likeness (QED) is 0.879. The van der Waals surface area contributed by atoms with E-state index in [4.69, 9.17) is 5.11 Å². The van der Waals surface area contributed by atoms with Crippen LogP contribution in [0, 0.1) is 0 Å². The predicted molar refractivity (Wildman–Crippen MR) is 79.1 cm³/mol. The van der Waals surface area contributed by atoms with Crippen LogP contribution in [0.15, 0.2) is 24.3 Å². The van der Waals surface area contributed by atoms with Crippen molar-refractivity contribution < 1.29 is 9.90 Å². The van der Waals surface area contributed by atoms with Gasteiger partial charge in [0.1, 0.15) is 0 Å². The van der Waals surface area contributed by atoms with Gasteiger partial charge in [0.25, 0.3) is 0 Å². The average Bonchev–Trinajstić information content (AvgIpc) is 2.73. The topological polar surface area (TPSA) is 54.3 Å². The number of carboxylic acids is 1. The fourth-order valence-corrected chi connectivity index (χ4v) is 2.83. The van der Waals surface area contributed by atoms with Crippen molar-refractivity contribution in [3.63, 3.8) is 0 Å². The summed E-state index contributed by atoms with van der Waals surface area (Å²) in [6.07, 6.45) is 3.88. The molecule has 4 nitrogen and oxygen atoms in total. The van der Waals surface area contributed by atoms with Crippen LogP contribution < -0.4 is 5.32 Å². The molecule has 1 heterocycles. The summed E-state index contributed by atoms with van der Waals surface area (Å²) in [5.41, 5.74) is 2.60. The molecule has 0 saturated heterocycles. The Bertz CT molecular complexity index is 641. The summed E-state index contributed by atoms with van der Waals surface area (Å²) in [7, 11) is 0. The second-order valence-corrected chi connectivity index (χ2v) is 5.47. The number of carbonyl (C=O) groups is 1. The maximum Gasteiger partial charge on any atom is 0.335 e. The van der Waals surface area contributed by atoms with E-state index in [-0.39, 0.29) is 0 Å². The van der Waals surface area contributed by atoms with Gasteiger partial charge in [-0.1, -0.05) is 12.5 Å². The fraction of sp³-hybridized carbons (Fsp3) is 0.438. The Morgan fingerprint density at radius 2 is 2.20 bits per heavy atom.